The Bertz CT molecular complexity index is 1030. The minimum Gasteiger partial charge on any atom is -0.507 e. The van der Waals surface area contributed by atoms with Crippen LogP contribution in [0.3, 0.4) is 0 Å². The van der Waals surface area contributed by atoms with Gasteiger partial charge in [-0.1, -0.05) is 30.3 Å². The Morgan fingerprint density at radius 2 is 1.89 bits per heavy atom. The number of aromatic hydroxyl groups is 1. The van der Waals surface area contributed by atoms with Crippen LogP contribution < -0.4 is 5.32 Å². The second kappa shape index (κ2) is 6.63. The Kier molecular flexibility index (Phi) is 4.28. The fourth-order valence-electron chi connectivity index (χ4n) is 3.63. The quantitative estimate of drug-likeness (QED) is 0.644. The maximum atomic E-state index is 12.4. The van der Waals surface area contributed by atoms with Crippen LogP contribution in [0.4, 0.5) is 10.2 Å². The summed E-state index contributed by atoms with van der Waals surface area (Å²) in [4.78, 5) is 0. The van der Waals surface area contributed by atoms with Crippen LogP contribution in [0.2, 0.25) is 0 Å². The van der Waals surface area contributed by atoms with Gasteiger partial charge >= 0.3 is 0 Å². The molecule has 0 atom stereocenters. The molecule has 0 unspecified atom stereocenters. The van der Waals surface area contributed by atoms with Gasteiger partial charge in [-0.15, -0.1) is 10.2 Å². The molecule has 1 aliphatic carbocycles. The van der Waals surface area contributed by atoms with Crippen LogP contribution in [0.15, 0.2) is 48.8 Å². The number of rotatable bonds is 4. The van der Waals surface area contributed by atoms with Gasteiger partial charge in [-0.25, -0.2) is 4.39 Å². The lowest BCUT2D eigenvalue weighted by Gasteiger charge is -2.41. The van der Waals surface area contributed by atoms with Crippen LogP contribution in [0.25, 0.3) is 28.1 Å². The van der Waals surface area contributed by atoms with Crippen LogP contribution in [-0.2, 0) is 0 Å². The second-order valence-electron chi connectivity index (χ2n) is 7.26. The Balaban J connectivity index is 1.74. The molecule has 0 radical (unpaired) electrons. The van der Waals surface area contributed by atoms with Crippen LogP contribution in [0.1, 0.15) is 25.3 Å². The molecule has 5 nitrogen and oxygen atoms in total. The average Bonchev–Trinajstić information content (AvgIpc) is 2.61. The molecule has 27 heavy (non-hydrogen) atoms. The highest BCUT2D eigenvalue weighted by molar-refractivity contribution is 6.01. The maximum Gasteiger partial charge on any atom is 0.156 e. The lowest BCUT2D eigenvalue weighted by Crippen LogP contribution is -2.48. The molecule has 3 N–H and O–H groups in total. The summed E-state index contributed by atoms with van der Waals surface area (Å²) in [5.74, 6) is 0.673. The number of halogens is 1. The van der Waals surface area contributed by atoms with E-state index in [1.807, 2.05) is 31.2 Å². The monoisotopic (exact) mass is 365 g/mol. The van der Waals surface area contributed by atoms with Gasteiger partial charge in [0.1, 0.15) is 11.4 Å². The lowest BCUT2D eigenvalue weighted by atomic mass is 9.77. The Morgan fingerprint density at radius 3 is 2.56 bits per heavy atom. The Labute approximate surface area is 156 Å². The van der Waals surface area contributed by atoms with Crippen molar-refractivity contribution in [2.75, 3.05) is 5.32 Å². The van der Waals surface area contributed by atoms with Crippen molar-refractivity contribution in [3.8, 4) is 17.0 Å². The molecule has 1 heterocycles. The number of aliphatic hydroxyl groups is 1. The summed E-state index contributed by atoms with van der Waals surface area (Å²) >= 11 is 0. The molecule has 0 amide bonds. The van der Waals surface area contributed by atoms with Crippen molar-refractivity contribution >= 4 is 22.7 Å². The third kappa shape index (κ3) is 3.36. The number of phenolic OH excluding ortho intramolecular Hbond substituents is 1. The molecule has 138 valence electrons. The molecule has 4 rings (SSSR count). The zero-order valence-corrected chi connectivity index (χ0v) is 14.9. The highest BCUT2D eigenvalue weighted by atomic mass is 19.1. The first kappa shape index (κ1) is 17.4. The van der Waals surface area contributed by atoms with Crippen molar-refractivity contribution in [2.45, 2.75) is 31.4 Å². The molecule has 0 spiro atoms. The summed E-state index contributed by atoms with van der Waals surface area (Å²) < 4.78 is 12.4. The summed E-state index contributed by atoms with van der Waals surface area (Å²) in [5.41, 5.74) is 1.03. The molecule has 0 saturated heterocycles. The molecule has 1 saturated carbocycles. The van der Waals surface area contributed by atoms with Gasteiger partial charge in [0, 0.05) is 22.4 Å². The zero-order chi connectivity index (χ0) is 19.0. The van der Waals surface area contributed by atoms with Gasteiger partial charge in [-0.2, -0.15) is 0 Å². The molecule has 3 aromatic rings. The fraction of sp³-hybridized carbons (Fsp3) is 0.238. The summed E-state index contributed by atoms with van der Waals surface area (Å²) in [5, 5.41) is 34.1. The van der Waals surface area contributed by atoms with Gasteiger partial charge in [0.25, 0.3) is 0 Å². The Hall–Kier alpha value is -2.99. The highest BCUT2D eigenvalue weighted by Gasteiger charge is 2.38. The van der Waals surface area contributed by atoms with Crippen molar-refractivity contribution < 1.29 is 14.6 Å². The predicted molar refractivity (Wildman–Crippen MR) is 104 cm³/mol. The first-order chi connectivity index (χ1) is 13.0. The van der Waals surface area contributed by atoms with E-state index in [1.165, 1.54) is 12.1 Å². The third-order valence-corrected chi connectivity index (χ3v) is 4.93. The number of hydrogen-bond donors (Lipinski definition) is 3. The first-order valence-corrected chi connectivity index (χ1v) is 8.81. The molecule has 2 aromatic carbocycles. The largest absolute Gasteiger partial charge is 0.507 e. The minimum absolute atomic E-state index is 0.0146. The molecule has 1 aromatic heterocycles. The van der Waals surface area contributed by atoms with Gasteiger partial charge in [-0.05, 0) is 43.5 Å². The van der Waals surface area contributed by atoms with E-state index in [0.717, 1.165) is 10.8 Å². The molecule has 0 aliphatic heterocycles. The number of hydrogen-bond acceptors (Lipinski definition) is 5. The van der Waals surface area contributed by atoms with E-state index >= 15 is 0 Å². The second-order valence-corrected chi connectivity index (χ2v) is 7.26. The van der Waals surface area contributed by atoms with Gasteiger partial charge in [0.05, 0.1) is 11.9 Å². The normalized spacial score (nSPS) is 22.1. The fourth-order valence-corrected chi connectivity index (χ4v) is 3.63. The molecular weight excluding hydrogens is 345 g/mol. The molecule has 6 heteroatoms. The topological polar surface area (TPSA) is 78.3 Å². The smallest absolute Gasteiger partial charge is 0.156 e. The van der Waals surface area contributed by atoms with Crippen molar-refractivity contribution in [3.63, 3.8) is 0 Å². The van der Waals surface area contributed by atoms with E-state index in [0.29, 0.717) is 41.8 Å². The number of phenols is 1. The number of aromatic nitrogens is 2. The first-order valence-electron chi connectivity index (χ1n) is 8.81. The zero-order valence-electron chi connectivity index (χ0n) is 14.9. The Morgan fingerprint density at radius 1 is 1.15 bits per heavy atom. The van der Waals surface area contributed by atoms with Gasteiger partial charge in [0.2, 0.25) is 0 Å². The van der Waals surface area contributed by atoms with Crippen LogP contribution in [0.5, 0.6) is 5.75 Å². The van der Waals surface area contributed by atoms with E-state index in [-0.39, 0.29) is 11.8 Å². The summed E-state index contributed by atoms with van der Waals surface area (Å²) in [7, 11) is 0. The van der Waals surface area contributed by atoms with E-state index in [2.05, 4.69) is 15.5 Å². The van der Waals surface area contributed by atoms with Crippen molar-refractivity contribution in [1.29, 1.82) is 0 Å². The number of anilines is 1. The van der Waals surface area contributed by atoms with E-state index in [1.54, 1.807) is 12.1 Å². The van der Waals surface area contributed by atoms with Crippen molar-refractivity contribution in [2.24, 2.45) is 0 Å². The van der Waals surface area contributed by atoms with Crippen LogP contribution >= 0.6 is 0 Å². The molecule has 1 fully saturated rings. The van der Waals surface area contributed by atoms with Crippen LogP contribution in [0, 0.1) is 0 Å². The number of nitrogens with zero attached hydrogens (tertiary/aromatic N) is 2. The molecule has 1 aliphatic rings. The van der Waals surface area contributed by atoms with Gasteiger partial charge < -0.3 is 15.5 Å². The van der Waals surface area contributed by atoms with Crippen LogP contribution in [-0.4, -0.2) is 32.1 Å². The van der Waals surface area contributed by atoms with Gasteiger partial charge in [0.15, 0.2) is 5.82 Å². The standard InChI is InChI=1S/C21H20FN3O2/c1-21(27)11-14(12-21)23-20-16-5-3-2-4-15(16)19(24-25-20)17-7-6-13(8-9-22)10-18(17)26/h2-10,14,26-27H,11-12H2,1H3,(H,23,25)/b9-8+. The van der Waals surface area contributed by atoms with Crippen molar-refractivity contribution in [1.82, 2.24) is 10.2 Å². The maximum absolute atomic E-state index is 12.4. The summed E-state index contributed by atoms with van der Waals surface area (Å²) in [6.45, 7) is 1.82. The lowest BCUT2D eigenvalue weighted by molar-refractivity contribution is -0.0235. The highest BCUT2D eigenvalue weighted by Crippen LogP contribution is 2.37. The number of nitrogens with one attached hydrogen (secondary N) is 1. The molecule has 0 bridgehead atoms. The summed E-state index contributed by atoms with van der Waals surface area (Å²) in [6, 6.07) is 12.8. The third-order valence-electron chi connectivity index (χ3n) is 4.93. The summed E-state index contributed by atoms with van der Waals surface area (Å²) in [6.07, 6.45) is 3.03. The van der Waals surface area contributed by atoms with E-state index < -0.39 is 5.60 Å². The van der Waals surface area contributed by atoms with Gasteiger partial charge in [-0.3, -0.25) is 0 Å². The van der Waals surface area contributed by atoms with E-state index in [4.69, 9.17) is 0 Å². The van der Waals surface area contributed by atoms with E-state index in [9.17, 15) is 14.6 Å². The van der Waals surface area contributed by atoms with Crippen molar-refractivity contribution in [3.05, 3.63) is 54.4 Å². The minimum atomic E-state index is -0.623. The average molecular weight is 365 g/mol. The molecular formula is C21H20FN3O2. The number of benzene rings is 2. The number of fused-ring (bicyclic) bond motifs is 1. The SMILES string of the molecule is CC1(O)CC(Nc2nnc(-c3ccc(/C=C/F)cc3O)c3ccccc23)C1. The predicted octanol–water partition coefficient (Wildman–Crippen LogP) is 4.27.